The van der Waals surface area contributed by atoms with Gasteiger partial charge in [-0.25, -0.2) is 4.99 Å². The monoisotopic (exact) mass is 357 g/mol. The van der Waals surface area contributed by atoms with Gasteiger partial charge in [-0.3, -0.25) is 0 Å². The Morgan fingerprint density at radius 2 is 2.08 bits per heavy atom. The number of aliphatic imine (C=N–C) groups is 1. The Morgan fingerprint density at radius 1 is 1.28 bits per heavy atom. The first-order valence-electron chi connectivity index (χ1n) is 7.43. The first-order chi connectivity index (χ1) is 12.1. The molecule has 3 N–H and O–H groups in total. The van der Waals surface area contributed by atoms with E-state index in [4.69, 9.17) is 26.6 Å². The molecule has 0 saturated carbocycles. The zero-order valence-corrected chi connectivity index (χ0v) is 14.2. The fourth-order valence-electron chi connectivity index (χ4n) is 2.08. The number of nitrogens with two attached hydrogens (primary N) is 1. The van der Waals surface area contributed by atoms with Crippen molar-refractivity contribution in [3.8, 4) is 17.1 Å². The number of nitrogens with one attached hydrogen (secondary N) is 1. The summed E-state index contributed by atoms with van der Waals surface area (Å²) in [6.07, 6.45) is 0. The number of aromatic nitrogens is 2. The van der Waals surface area contributed by atoms with Gasteiger partial charge in [0, 0.05) is 22.3 Å². The minimum atomic E-state index is 0.170. The predicted molar refractivity (Wildman–Crippen MR) is 96.7 cm³/mol. The lowest BCUT2D eigenvalue weighted by Crippen LogP contribution is -2.22. The summed E-state index contributed by atoms with van der Waals surface area (Å²) in [6, 6.07) is 14.5. The zero-order chi connectivity index (χ0) is 17.6. The molecule has 0 atom stereocenters. The van der Waals surface area contributed by atoms with Crippen molar-refractivity contribution in [1.29, 1.82) is 0 Å². The van der Waals surface area contributed by atoms with E-state index in [0.29, 0.717) is 16.7 Å². The molecule has 0 amide bonds. The standard InChI is InChI=1S/C17H16ClN5O2/c1-24-14-4-2-3-13(9-14)21-17(19)20-10-15-22-16(23-25-15)11-5-7-12(18)8-6-11/h2-9H,10H2,1H3,(H3,19,20,21). The second-order valence-electron chi connectivity index (χ2n) is 5.08. The van der Waals surface area contributed by atoms with Crippen LogP contribution in [0.3, 0.4) is 0 Å². The number of ether oxygens (including phenoxy) is 1. The van der Waals surface area contributed by atoms with E-state index in [0.717, 1.165) is 17.0 Å². The highest BCUT2D eigenvalue weighted by Gasteiger charge is 2.08. The Kier molecular flexibility index (Phi) is 5.15. The molecule has 128 valence electrons. The van der Waals surface area contributed by atoms with E-state index in [1.165, 1.54) is 0 Å². The third-order valence-corrected chi connectivity index (χ3v) is 3.55. The van der Waals surface area contributed by atoms with Crippen molar-refractivity contribution in [2.45, 2.75) is 6.54 Å². The van der Waals surface area contributed by atoms with Gasteiger partial charge in [-0.15, -0.1) is 0 Å². The average molecular weight is 358 g/mol. The van der Waals surface area contributed by atoms with E-state index in [1.807, 2.05) is 36.4 Å². The summed E-state index contributed by atoms with van der Waals surface area (Å²) in [5.74, 6) is 1.79. The smallest absolute Gasteiger partial charge is 0.248 e. The Labute approximate surface area is 149 Å². The maximum atomic E-state index is 5.87. The molecular formula is C17H16ClN5O2. The van der Waals surface area contributed by atoms with Crippen LogP contribution >= 0.6 is 11.6 Å². The van der Waals surface area contributed by atoms with E-state index in [1.54, 1.807) is 19.2 Å². The number of anilines is 1. The molecule has 8 heteroatoms. The lowest BCUT2D eigenvalue weighted by molar-refractivity contribution is 0.381. The maximum Gasteiger partial charge on any atom is 0.248 e. The summed E-state index contributed by atoms with van der Waals surface area (Å²) >= 11 is 5.86. The van der Waals surface area contributed by atoms with Crippen molar-refractivity contribution in [3.05, 3.63) is 59.4 Å². The van der Waals surface area contributed by atoms with Gasteiger partial charge in [-0.1, -0.05) is 22.8 Å². The molecule has 7 nitrogen and oxygen atoms in total. The zero-order valence-electron chi connectivity index (χ0n) is 13.4. The van der Waals surface area contributed by atoms with Gasteiger partial charge < -0.3 is 20.3 Å². The van der Waals surface area contributed by atoms with Crippen LogP contribution in [0.25, 0.3) is 11.4 Å². The fraction of sp³-hybridized carbons (Fsp3) is 0.118. The molecule has 25 heavy (non-hydrogen) atoms. The van der Waals surface area contributed by atoms with Gasteiger partial charge in [-0.2, -0.15) is 4.98 Å². The number of halogens is 1. The molecule has 0 aliphatic rings. The number of hydrogen-bond donors (Lipinski definition) is 2. The van der Waals surface area contributed by atoms with Gasteiger partial charge in [0.1, 0.15) is 12.3 Å². The van der Waals surface area contributed by atoms with Crippen LogP contribution in [0.15, 0.2) is 58.0 Å². The van der Waals surface area contributed by atoms with E-state index in [-0.39, 0.29) is 12.5 Å². The van der Waals surface area contributed by atoms with Gasteiger partial charge in [-0.05, 0) is 36.4 Å². The van der Waals surface area contributed by atoms with Gasteiger partial charge >= 0.3 is 0 Å². The molecule has 3 aromatic rings. The molecular weight excluding hydrogens is 342 g/mol. The summed E-state index contributed by atoms with van der Waals surface area (Å²) in [5, 5.41) is 7.55. The molecule has 3 rings (SSSR count). The van der Waals surface area contributed by atoms with Crippen LogP contribution in [0.2, 0.25) is 5.02 Å². The van der Waals surface area contributed by atoms with Crippen LogP contribution in [0, 0.1) is 0 Å². The number of hydrogen-bond acceptors (Lipinski definition) is 5. The summed E-state index contributed by atoms with van der Waals surface area (Å²) in [5.41, 5.74) is 7.46. The van der Waals surface area contributed by atoms with E-state index < -0.39 is 0 Å². The third kappa shape index (κ3) is 4.48. The summed E-state index contributed by atoms with van der Waals surface area (Å²) in [6.45, 7) is 0.170. The van der Waals surface area contributed by atoms with Crippen molar-refractivity contribution in [1.82, 2.24) is 10.1 Å². The Hall–Kier alpha value is -3.06. The number of methoxy groups -OCH3 is 1. The summed E-state index contributed by atoms with van der Waals surface area (Å²) in [4.78, 5) is 8.48. The molecule has 0 fully saturated rings. The molecule has 0 spiro atoms. The fourth-order valence-corrected chi connectivity index (χ4v) is 2.20. The minimum absolute atomic E-state index is 0.170. The molecule has 0 bridgehead atoms. The van der Waals surface area contributed by atoms with Crippen LogP contribution < -0.4 is 15.8 Å². The normalized spacial score (nSPS) is 11.4. The van der Waals surface area contributed by atoms with Gasteiger partial charge in [0.15, 0.2) is 5.96 Å². The number of benzene rings is 2. The van der Waals surface area contributed by atoms with Crippen LogP contribution in [-0.2, 0) is 6.54 Å². The van der Waals surface area contributed by atoms with Crippen LogP contribution in [0.5, 0.6) is 5.75 Å². The van der Waals surface area contributed by atoms with E-state index in [2.05, 4.69) is 20.4 Å². The van der Waals surface area contributed by atoms with E-state index in [9.17, 15) is 0 Å². The quantitative estimate of drug-likeness (QED) is 0.537. The van der Waals surface area contributed by atoms with Crippen molar-refractivity contribution >= 4 is 23.2 Å². The van der Waals surface area contributed by atoms with Gasteiger partial charge in [0.2, 0.25) is 11.7 Å². The largest absolute Gasteiger partial charge is 0.497 e. The van der Waals surface area contributed by atoms with Crippen molar-refractivity contribution in [3.63, 3.8) is 0 Å². The van der Waals surface area contributed by atoms with E-state index >= 15 is 0 Å². The molecule has 0 unspecified atom stereocenters. The Morgan fingerprint density at radius 3 is 2.84 bits per heavy atom. The van der Waals surface area contributed by atoms with Crippen molar-refractivity contribution < 1.29 is 9.26 Å². The predicted octanol–water partition coefficient (Wildman–Crippen LogP) is 3.33. The molecule has 0 aliphatic heterocycles. The second-order valence-corrected chi connectivity index (χ2v) is 5.51. The Balaban J connectivity index is 1.64. The third-order valence-electron chi connectivity index (χ3n) is 3.30. The summed E-state index contributed by atoms with van der Waals surface area (Å²) in [7, 11) is 1.60. The lowest BCUT2D eigenvalue weighted by atomic mass is 10.2. The minimum Gasteiger partial charge on any atom is -0.497 e. The highest BCUT2D eigenvalue weighted by molar-refractivity contribution is 6.30. The molecule has 1 aromatic heterocycles. The van der Waals surface area contributed by atoms with Crippen LogP contribution in [-0.4, -0.2) is 23.2 Å². The van der Waals surface area contributed by atoms with Crippen molar-refractivity contribution in [2.75, 3.05) is 12.4 Å². The molecule has 0 radical (unpaired) electrons. The molecule has 0 saturated heterocycles. The molecule has 0 aliphatic carbocycles. The van der Waals surface area contributed by atoms with Crippen molar-refractivity contribution in [2.24, 2.45) is 10.7 Å². The van der Waals surface area contributed by atoms with Gasteiger partial charge in [0.05, 0.1) is 7.11 Å². The number of guanidine groups is 1. The highest BCUT2D eigenvalue weighted by atomic mass is 35.5. The number of rotatable bonds is 5. The van der Waals surface area contributed by atoms with Gasteiger partial charge in [0.25, 0.3) is 0 Å². The molecule has 2 aromatic carbocycles. The molecule has 1 heterocycles. The van der Waals surface area contributed by atoms with Crippen LogP contribution in [0.1, 0.15) is 5.89 Å². The Bertz CT molecular complexity index is 877. The second kappa shape index (κ2) is 7.67. The highest BCUT2D eigenvalue weighted by Crippen LogP contribution is 2.19. The SMILES string of the molecule is COc1cccc(NC(N)=NCc2nc(-c3ccc(Cl)cc3)no2)c1. The lowest BCUT2D eigenvalue weighted by Gasteiger charge is -2.06. The first kappa shape index (κ1) is 16.8. The number of nitrogens with zero attached hydrogens (tertiary/aromatic N) is 3. The van der Waals surface area contributed by atoms with Crippen LogP contribution in [0.4, 0.5) is 5.69 Å². The topological polar surface area (TPSA) is 98.6 Å². The summed E-state index contributed by atoms with van der Waals surface area (Å²) < 4.78 is 10.3. The first-order valence-corrected chi connectivity index (χ1v) is 7.81. The average Bonchev–Trinajstić information content (AvgIpc) is 3.10. The maximum absolute atomic E-state index is 5.87.